The van der Waals surface area contributed by atoms with Crippen LogP contribution in [0.4, 0.5) is 11.4 Å². The van der Waals surface area contributed by atoms with E-state index >= 15 is 0 Å². The van der Waals surface area contributed by atoms with Gasteiger partial charge in [0.15, 0.2) is 4.34 Å². The molecule has 0 bridgehead atoms. The summed E-state index contributed by atoms with van der Waals surface area (Å²) in [6.07, 6.45) is 0. The van der Waals surface area contributed by atoms with Crippen molar-refractivity contribution in [2.75, 3.05) is 5.32 Å². The predicted octanol–water partition coefficient (Wildman–Crippen LogP) is 5.69. The summed E-state index contributed by atoms with van der Waals surface area (Å²) < 4.78 is 5.42. The minimum atomic E-state index is 0.659. The van der Waals surface area contributed by atoms with Gasteiger partial charge >= 0.3 is 0 Å². The van der Waals surface area contributed by atoms with Crippen LogP contribution in [0.25, 0.3) is 10.2 Å². The molecule has 1 aromatic heterocycles. The van der Waals surface area contributed by atoms with Crippen LogP contribution in [-0.4, -0.2) is 10.9 Å². The molecule has 0 saturated carbocycles. The zero-order chi connectivity index (χ0) is 17.6. The number of para-hydroxylation sites is 3. The van der Waals surface area contributed by atoms with Gasteiger partial charge in [0.1, 0.15) is 0 Å². The van der Waals surface area contributed by atoms with Gasteiger partial charge in [0.05, 0.1) is 15.9 Å². The highest BCUT2D eigenvalue weighted by molar-refractivity contribution is 7.99. The number of nitrogens with one attached hydrogen (secondary N) is 2. The average Bonchev–Trinajstić information content (AvgIpc) is 3.11. The van der Waals surface area contributed by atoms with Gasteiger partial charge in [0, 0.05) is 17.6 Å². The number of guanidine groups is 1. The minimum absolute atomic E-state index is 0.659. The molecule has 4 rings (SSSR count). The second kappa shape index (κ2) is 8.03. The molecule has 0 fully saturated rings. The van der Waals surface area contributed by atoms with Crippen molar-refractivity contribution in [3.8, 4) is 0 Å². The van der Waals surface area contributed by atoms with E-state index in [2.05, 4.69) is 26.1 Å². The fourth-order valence-corrected chi connectivity index (χ4v) is 4.04. The Hall–Kier alpha value is -2.83. The number of rotatable bonds is 4. The van der Waals surface area contributed by atoms with Gasteiger partial charge in [0.25, 0.3) is 0 Å². The third kappa shape index (κ3) is 4.22. The molecular weight excluding hydrogens is 360 g/mol. The van der Waals surface area contributed by atoms with Crippen molar-refractivity contribution in [1.82, 2.24) is 9.71 Å². The number of benzene rings is 3. The van der Waals surface area contributed by atoms with Crippen LogP contribution in [-0.2, 0) is 0 Å². The lowest BCUT2D eigenvalue weighted by Gasteiger charge is -2.10. The van der Waals surface area contributed by atoms with Gasteiger partial charge < -0.3 is 5.32 Å². The molecule has 4 nitrogen and oxygen atoms in total. The lowest BCUT2D eigenvalue weighted by Crippen LogP contribution is -2.24. The van der Waals surface area contributed by atoms with Gasteiger partial charge in [-0.3, -0.25) is 4.72 Å². The summed E-state index contributed by atoms with van der Waals surface area (Å²) in [4.78, 5) is 9.31. The summed E-state index contributed by atoms with van der Waals surface area (Å²) in [6, 6.07) is 28.0. The van der Waals surface area contributed by atoms with Crippen LogP contribution < -0.4 is 10.0 Å². The third-order valence-electron chi connectivity index (χ3n) is 3.54. The SMILES string of the molecule is c1ccc(N=C(NSc2nc3ccccc3s2)Nc2ccccc2)cc1. The second-order valence-electron chi connectivity index (χ2n) is 5.44. The lowest BCUT2D eigenvalue weighted by molar-refractivity contribution is 1.28. The fraction of sp³-hybridized carbons (Fsp3) is 0. The van der Waals surface area contributed by atoms with E-state index in [0.717, 1.165) is 21.2 Å². The monoisotopic (exact) mass is 376 g/mol. The van der Waals surface area contributed by atoms with E-state index < -0.39 is 0 Å². The number of anilines is 1. The molecule has 0 spiro atoms. The highest BCUT2D eigenvalue weighted by Gasteiger charge is 2.06. The number of thiazole rings is 1. The van der Waals surface area contributed by atoms with Gasteiger partial charge in [-0.1, -0.05) is 48.5 Å². The topological polar surface area (TPSA) is 49.3 Å². The molecule has 0 aliphatic rings. The molecule has 4 aromatic rings. The van der Waals surface area contributed by atoms with Crippen molar-refractivity contribution in [3.05, 3.63) is 84.9 Å². The summed E-state index contributed by atoms with van der Waals surface area (Å²) in [7, 11) is 0. The number of aromatic nitrogens is 1. The maximum absolute atomic E-state index is 4.67. The van der Waals surface area contributed by atoms with E-state index in [1.165, 1.54) is 16.6 Å². The standard InChI is InChI=1S/C20H16N4S2/c1-3-9-15(10-4-1)21-19(22-16-11-5-2-6-12-16)24-26-20-23-17-13-7-8-14-18(17)25-20/h1-14H,(H2,21,22,24). The predicted molar refractivity (Wildman–Crippen MR) is 112 cm³/mol. The third-order valence-corrected chi connectivity index (χ3v) is 5.44. The van der Waals surface area contributed by atoms with E-state index in [9.17, 15) is 0 Å². The van der Waals surface area contributed by atoms with Gasteiger partial charge in [-0.2, -0.15) is 0 Å². The average molecular weight is 377 g/mol. The molecule has 0 unspecified atom stereocenters. The number of aliphatic imine (C=N–C) groups is 1. The second-order valence-corrected chi connectivity index (χ2v) is 7.52. The Morgan fingerprint density at radius 2 is 1.54 bits per heavy atom. The minimum Gasteiger partial charge on any atom is -0.325 e. The van der Waals surface area contributed by atoms with Crippen LogP contribution in [0.1, 0.15) is 0 Å². The summed E-state index contributed by atoms with van der Waals surface area (Å²) >= 11 is 3.12. The lowest BCUT2D eigenvalue weighted by atomic mass is 10.3. The first-order valence-electron chi connectivity index (χ1n) is 8.11. The van der Waals surface area contributed by atoms with E-state index in [4.69, 9.17) is 0 Å². The number of hydrogen-bond donors (Lipinski definition) is 2. The molecule has 0 radical (unpaired) electrons. The van der Waals surface area contributed by atoms with Crippen molar-refractivity contribution >= 4 is 50.8 Å². The van der Waals surface area contributed by atoms with Gasteiger partial charge in [-0.15, -0.1) is 11.3 Å². The number of fused-ring (bicyclic) bond motifs is 1. The normalized spacial score (nSPS) is 11.5. The van der Waals surface area contributed by atoms with E-state index in [0.29, 0.717) is 5.96 Å². The first kappa shape index (κ1) is 16.6. The Bertz CT molecular complexity index is 981. The van der Waals surface area contributed by atoms with E-state index in [1.54, 1.807) is 11.3 Å². The highest BCUT2D eigenvalue weighted by atomic mass is 32.2. The van der Waals surface area contributed by atoms with Crippen molar-refractivity contribution in [2.45, 2.75) is 4.34 Å². The summed E-state index contributed by atoms with van der Waals surface area (Å²) in [6.45, 7) is 0. The highest BCUT2D eigenvalue weighted by Crippen LogP contribution is 2.27. The maximum atomic E-state index is 4.67. The summed E-state index contributed by atoms with van der Waals surface area (Å²) in [5.74, 6) is 0.659. The maximum Gasteiger partial charge on any atom is 0.211 e. The Balaban J connectivity index is 1.55. The first-order valence-corrected chi connectivity index (χ1v) is 9.74. The molecule has 6 heteroatoms. The van der Waals surface area contributed by atoms with Crippen molar-refractivity contribution < 1.29 is 0 Å². The van der Waals surface area contributed by atoms with Crippen LogP contribution in [0.15, 0.2) is 94.3 Å². The molecule has 26 heavy (non-hydrogen) atoms. The largest absolute Gasteiger partial charge is 0.325 e. The molecule has 0 aliphatic carbocycles. The molecule has 128 valence electrons. The first-order chi connectivity index (χ1) is 12.9. The molecule has 0 amide bonds. The van der Waals surface area contributed by atoms with Crippen LogP contribution in [0.5, 0.6) is 0 Å². The Morgan fingerprint density at radius 1 is 0.846 bits per heavy atom. The van der Waals surface area contributed by atoms with Crippen molar-refractivity contribution in [3.63, 3.8) is 0 Å². The number of hydrogen-bond acceptors (Lipinski definition) is 4. The quantitative estimate of drug-likeness (QED) is 0.273. The summed E-state index contributed by atoms with van der Waals surface area (Å²) in [5.41, 5.74) is 2.86. The van der Waals surface area contributed by atoms with Crippen LogP contribution in [0, 0.1) is 0 Å². The molecule has 0 saturated heterocycles. The zero-order valence-corrected chi connectivity index (χ0v) is 15.4. The molecule has 0 atom stereocenters. The molecule has 0 aliphatic heterocycles. The van der Waals surface area contributed by atoms with Crippen LogP contribution in [0.2, 0.25) is 0 Å². The van der Waals surface area contributed by atoms with Gasteiger partial charge in [-0.25, -0.2) is 9.98 Å². The van der Waals surface area contributed by atoms with Crippen molar-refractivity contribution in [1.29, 1.82) is 0 Å². The Kier molecular flexibility index (Phi) is 5.14. The van der Waals surface area contributed by atoms with Gasteiger partial charge in [0.2, 0.25) is 5.96 Å². The molecule has 2 N–H and O–H groups in total. The summed E-state index contributed by atoms with van der Waals surface area (Å²) in [5, 5.41) is 3.33. The van der Waals surface area contributed by atoms with Crippen molar-refractivity contribution in [2.24, 2.45) is 4.99 Å². The Labute approximate surface area is 160 Å². The van der Waals surface area contributed by atoms with E-state index in [1.807, 2.05) is 78.9 Å². The molecule has 3 aromatic carbocycles. The van der Waals surface area contributed by atoms with E-state index in [-0.39, 0.29) is 0 Å². The fourth-order valence-electron chi connectivity index (χ4n) is 2.35. The smallest absolute Gasteiger partial charge is 0.211 e. The molecular formula is C20H16N4S2. The number of nitrogens with zero attached hydrogens (tertiary/aromatic N) is 2. The Morgan fingerprint density at radius 3 is 2.31 bits per heavy atom. The van der Waals surface area contributed by atoms with Crippen LogP contribution in [0.3, 0.4) is 0 Å². The van der Waals surface area contributed by atoms with Gasteiger partial charge in [-0.05, 0) is 36.4 Å². The molecule has 1 heterocycles. The van der Waals surface area contributed by atoms with Crippen LogP contribution >= 0.6 is 23.3 Å². The zero-order valence-electron chi connectivity index (χ0n) is 13.8.